The summed E-state index contributed by atoms with van der Waals surface area (Å²) in [6.45, 7) is 2.43. The molecule has 108 valence electrons. The van der Waals surface area contributed by atoms with Crippen LogP contribution in [-0.4, -0.2) is 24.3 Å². The Kier molecular flexibility index (Phi) is 3.79. The summed E-state index contributed by atoms with van der Waals surface area (Å²) in [6.07, 6.45) is 3.60. The zero-order chi connectivity index (χ0) is 14.3. The van der Waals surface area contributed by atoms with E-state index in [0.29, 0.717) is 11.4 Å². The van der Waals surface area contributed by atoms with Crippen molar-refractivity contribution in [3.8, 4) is 0 Å². The van der Waals surface area contributed by atoms with Gasteiger partial charge in [-0.1, -0.05) is 0 Å². The van der Waals surface area contributed by atoms with Crippen LogP contribution in [0.2, 0.25) is 0 Å². The fourth-order valence-electron chi connectivity index (χ4n) is 2.70. The van der Waals surface area contributed by atoms with Gasteiger partial charge in [-0.2, -0.15) is 4.31 Å². The van der Waals surface area contributed by atoms with E-state index in [9.17, 15) is 8.42 Å². The highest BCUT2D eigenvalue weighted by atomic mass is 79.9. The molecule has 0 saturated carbocycles. The molecule has 0 aliphatic carbocycles. The quantitative estimate of drug-likeness (QED) is 0.890. The van der Waals surface area contributed by atoms with Gasteiger partial charge in [0.05, 0.1) is 14.7 Å². The lowest BCUT2D eigenvalue weighted by Gasteiger charge is -2.23. The maximum absolute atomic E-state index is 12.9. The molecule has 1 saturated heterocycles. The van der Waals surface area contributed by atoms with E-state index in [-0.39, 0.29) is 6.04 Å². The molecule has 0 radical (unpaired) electrons. The molecule has 1 N–H and O–H groups in total. The molecular weight excluding hydrogens is 360 g/mol. The number of nitrogens with zero attached hydrogens (tertiary/aromatic N) is 1. The Morgan fingerprint density at radius 1 is 1.50 bits per heavy atom. The number of aryl methyl sites for hydroxylation is 1. The average Bonchev–Trinajstić information content (AvgIpc) is 3.06. The monoisotopic (exact) mass is 374 g/mol. The van der Waals surface area contributed by atoms with E-state index in [2.05, 4.69) is 20.9 Å². The lowest BCUT2D eigenvalue weighted by Crippen LogP contribution is -2.31. The highest BCUT2D eigenvalue weighted by molar-refractivity contribution is 9.11. The molecule has 1 aliphatic rings. The summed E-state index contributed by atoms with van der Waals surface area (Å²) in [5, 5.41) is 0. The van der Waals surface area contributed by atoms with E-state index in [0.717, 1.165) is 27.2 Å². The summed E-state index contributed by atoms with van der Waals surface area (Å²) >= 11 is 4.82. The first kappa shape index (κ1) is 14.3. The first-order valence-electron chi connectivity index (χ1n) is 6.41. The minimum Gasteiger partial charge on any atom is -0.364 e. The van der Waals surface area contributed by atoms with Gasteiger partial charge in [-0.05, 0) is 53.9 Å². The van der Waals surface area contributed by atoms with Gasteiger partial charge < -0.3 is 4.98 Å². The zero-order valence-electron chi connectivity index (χ0n) is 11.0. The molecule has 1 atom stereocenters. The van der Waals surface area contributed by atoms with Crippen LogP contribution >= 0.6 is 27.3 Å². The number of aromatic nitrogens is 1. The van der Waals surface area contributed by atoms with Crippen molar-refractivity contribution in [2.24, 2.45) is 0 Å². The molecule has 3 heterocycles. The van der Waals surface area contributed by atoms with Crippen LogP contribution in [0.1, 0.15) is 29.5 Å². The summed E-state index contributed by atoms with van der Waals surface area (Å²) < 4.78 is 28.2. The number of halogens is 1. The van der Waals surface area contributed by atoms with Gasteiger partial charge in [0.1, 0.15) is 0 Å². The largest absolute Gasteiger partial charge is 0.364 e. The Morgan fingerprint density at radius 2 is 2.30 bits per heavy atom. The van der Waals surface area contributed by atoms with Crippen molar-refractivity contribution in [2.45, 2.75) is 30.7 Å². The Morgan fingerprint density at radius 3 is 2.90 bits per heavy atom. The van der Waals surface area contributed by atoms with Gasteiger partial charge in [-0.3, -0.25) is 0 Å². The van der Waals surface area contributed by atoms with E-state index in [4.69, 9.17) is 0 Å². The van der Waals surface area contributed by atoms with Crippen molar-refractivity contribution >= 4 is 37.3 Å². The molecular formula is C13H15BrN2O2S2. The fraction of sp³-hybridized carbons (Fsp3) is 0.385. The molecule has 0 aromatic carbocycles. The zero-order valence-corrected chi connectivity index (χ0v) is 14.2. The molecule has 1 aliphatic heterocycles. The smallest absolute Gasteiger partial charge is 0.244 e. The summed E-state index contributed by atoms with van der Waals surface area (Å²) in [6, 6.07) is 5.49. The van der Waals surface area contributed by atoms with Crippen LogP contribution in [0.3, 0.4) is 0 Å². The Hall–Kier alpha value is -0.630. The first-order valence-corrected chi connectivity index (χ1v) is 9.46. The number of hydrogen-bond acceptors (Lipinski definition) is 3. The second kappa shape index (κ2) is 5.29. The third kappa shape index (κ3) is 2.36. The standard InChI is InChI=1S/C13H15BrN2O2S2/c1-9-12(8-13(14)19-9)20(17,18)16-7-3-5-11(16)10-4-2-6-15-10/h2,4,6,8,11,15H,3,5,7H2,1H3. The van der Waals surface area contributed by atoms with Gasteiger partial charge in [0.25, 0.3) is 0 Å². The van der Waals surface area contributed by atoms with Crippen molar-refractivity contribution in [1.82, 2.24) is 9.29 Å². The van der Waals surface area contributed by atoms with Crippen molar-refractivity contribution in [3.05, 3.63) is 38.8 Å². The number of sulfonamides is 1. The minimum atomic E-state index is -3.43. The molecule has 20 heavy (non-hydrogen) atoms. The second-order valence-corrected chi connectivity index (χ2v) is 9.36. The van der Waals surface area contributed by atoms with Crippen LogP contribution in [0.5, 0.6) is 0 Å². The fourth-order valence-corrected chi connectivity index (χ4v) is 6.76. The lowest BCUT2D eigenvalue weighted by molar-refractivity contribution is 0.391. The summed E-state index contributed by atoms with van der Waals surface area (Å²) in [7, 11) is -3.43. The van der Waals surface area contributed by atoms with Crippen molar-refractivity contribution in [1.29, 1.82) is 0 Å². The molecule has 0 spiro atoms. The van der Waals surface area contributed by atoms with Crippen LogP contribution in [0.15, 0.2) is 33.1 Å². The normalized spacial score (nSPS) is 20.6. The van der Waals surface area contributed by atoms with Crippen molar-refractivity contribution in [3.63, 3.8) is 0 Å². The number of rotatable bonds is 3. The number of nitrogens with one attached hydrogen (secondary N) is 1. The maximum atomic E-state index is 12.9. The summed E-state index contributed by atoms with van der Waals surface area (Å²) in [5.41, 5.74) is 0.970. The van der Waals surface area contributed by atoms with E-state index < -0.39 is 10.0 Å². The van der Waals surface area contributed by atoms with Gasteiger partial charge in [-0.15, -0.1) is 11.3 Å². The maximum Gasteiger partial charge on any atom is 0.244 e. The predicted octanol–water partition coefficient (Wildman–Crippen LogP) is 3.67. The molecule has 0 bridgehead atoms. The summed E-state index contributed by atoms with van der Waals surface area (Å²) in [5.74, 6) is 0. The Bertz CT molecular complexity index is 707. The number of thiophene rings is 1. The highest BCUT2D eigenvalue weighted by Crippen LogP contribution is 2.39. The summed E-state index contributed by atoms with van der Waals surface area (Å²) in [4.78, 5) is 4.39. The number of H-pyrrole nitrogens is 1. The topological polar surface area (TPSA) is 53.2 Å². The van der Waals surface area contributed by atoms with Crippen LogP contribution in [0, 0.1) is 6.92 Å². The van der Waals surface area contributed by atoms with Crippen molar-refractivity contribution < 1.29 is 8.42 Å². The van der Waals surface area contributed by atoms with Crippen LogP contribution in [0.25, 0.3) is 0 Å². The van der Waals surface area contributed by atoms with Gasteiger partial charge in [0.2, 0.25) is 10.0 Å². The van der Waals surface area contributed by atoms with Gasteiger partial charge in [0.15, 0.2) is 0 Å². The van der Waals surface area contributed by atoms with Crippen LogP contribution < -0.4 is 0 Å². The van der Waals surface area contributed by atoms with Crippen LogP contribution in [0.4, 0.5) is 0 Å². The van der Waals surface area contributed by atoms with E-state index in [1.165, 1.54) is 11.3 Å². The highest BCUT2D eigenvalue weighted by Gasteiger charge is 2.37. The SMILES string of the molecule is Cc1sc(Br)cc1S(=O)(=O)N1CCCC1c1ccc[nH]1. The lowest BCUT2D eigenvalue weighted by atomic mass is 10.2. The van der Waals surface area contributed by atoms with Gasteiger partial charge in [0, 0.05) is 23.3 Å². The third-order valence-corrected chi connectivity index (χ3v) is 7.33. The number of hydrogen-bond donors (Lipinski definition) is 1. The first-order chi connectivity index (χ1) is 9.50. The molecule has 2 aromatic heterocycles. The second-order valence-electron chi connectivity index (χ2n) is 4.87. The van der Waals surface area contributed by atoms with Gasteiger partial charge >= 0.3 is 0 Å². The molecule has 0 amide bonds. The Balaban J connectivity index is 2.00. The van der Waals surface area contributed by atoms with E-state index in [1.807, 2.05) is 25.3 Å². The molecule has 1 fully saturated rings. The van der Waals surface area contributed by atoms with Crippen molar-refractivity contribution in [2.75, 3.05) is 6.54 Å². The van der Waals surface area contributed by atoms with E-state index in [1.54, 1.807) is 10.4 Å². The molecule has 2 aromatic rings. The Labute approximate surface area is 131 Å². The molecule has 7 heteroatoms. The van der Waals surface area contributed by atoms with Gasteiger partial charge in [-0.25, -0.2) is 8.42 Å². The molecule has 3 rings (SSSR count). The molecule has 1 unspecified atom stereocenters. The van der Waals surface area contributed by atoms with E-state index >= 15 is 0 Å². The van der Waals surface area contributed by atoms with Crippen LogP contribution in [-0.2, 0) is 10.0 Å². The number of aromatic amines is 1. The third-order valence-electron chi connectivity index (χ3n) is 3.61. The predicted molar refractivity (Wildman–Crippen MR) is 83.4 cm³/mol. The minimum absolute atomic E-state index is 0.0759. The molecule has 4 nitrogen and oxygen atoms in total. The average molecular weight is 375 g/mol.